The molecular weight excluding hydrogens is 704 g/mol. The molecule has 4 aromatic rings. The molecule has 19 heteroatoms. The number of benzene rings is 4. The third-order valence-corrected chi connectivity index (χ3v) is 8.09. The Balaban J connectivity index is 1.56. The second-order valence-corrected chi connectivity index (χ2v) is 11.2. The van der Waals surface area contributed by atoms with E-state index >= 15 is 0 Å². The van der Waals surface area contributed by atoms with Gasteiger partial charge in [-0.3, -0.25) is 0 Å². The van der Waals surface area contributed by atoms with Crippen LogP contribution in [0.2, 0.25) is 0 Å². The van der Waals surface area contributed by atoms with Crippen molar-refractivity contribution in [2.24, 2.45) is 20.0 Å². The second-order valence-electron chi connectivity index (χ2n) is 11.2. The lowest BCUT2D eigenvalue weighted by Crippen LogP contribution is -2.41. The molecule has 0 aromatic heterocycles. The van der Waals surface area contributed by atoms with Crippen LogP contribution >= 0.6 is 0 Å². The fourth-order valence-electron chi connectivity index (χ4n) is 5.58. The molecule has 19 nitrogen and oxygen atoms in total. The molecule has 4 aromatic carbocycles. The van der Waals surface area contributed by atoms with Crippen LogP contribution < -0.4 is 21.4 Å². The number of fused-ring (bicyclic) bond motifs is 2. The molecule has 0 aliphatic carbocycles. The van der Waals surface area contributed by atoms with Gasteiger partial charge in [0.2, 0.25) is 0 Å². The van der Waals surface area contributed by atoms with Crippen LogP contribution in [0.3, 0.4) is 0 Å². The Morgan fingerprint density at radius 1 is 0.396 bits per heavy atom. The zero-order chi connectivity index (χ0) is 38.6. The number of hydrogen-bond acceptors (Lipinski definition) is 13. The molecule has 2 aliphatic heterocycles. The summed E-state index contributed by atoms with van der Waals surface area (Å²) in [5, 5.41) is 56.9. The maximum atomic E-state index is 14.3. The number of hydrogen-bond donors (Lipinski definition) is 6. The lowest BCUT2D eigenvalue weighted by Gasteiger charge is -2.26. The molecular formula is C34H18N4O15. The van der Waals surface area contributed by atoms with Gasteiger partial charge in [0, 0.05) is 11.1 Å². The SMILES string of the molecule is O=C(O)c1ccc2c(c1)=NC(C(=O)OC(=O)C1(c3ccc(C(=O)O)c(C(=O)O)c3)N=c3ccc(C(=O)O)cc3=N1)(c1ccc(C(=O)O)c(C(=O)O)c1)N=2. The first kappa shape index (κ1) is 34.9. The van der Waals surface area contributed by atoms with Crippen molar-refractivity contribution >= 4 is 47.8 Å². The molecule has 6 N–H and O–H groups in total. The highest BCUT2D eigenvalue weighted by Gasteiger charge is 2.51. The van der Waals surface area contributed by atoms with Crippen molar-refractivity contribution in [1.82, 2.24) is 0 Å². The summed E-state index contributed by atoms with van der Waals surface area (Å²) in [6.07, 6.45) is 0. The van der Waals surface area contributed by atoms with Gasteiger partial charge in [0.1, 0.15) is 0 Å². The molecule has 2 heterocycles. The molecule has 0 bridgehead atoms. The summed E-state index contributed by atoms with van der Waals surface area (Å²) in [6, 6.07) is 11.6. The van der Waals surface area contributed by atoms with Crippen molar-refractivity contribution in [3.63, 3.8) is 0 Å². The second kappa shape index (κ2) is 12.4. The predicted molar refractivity (Wildman–Crippen MR) is 167 cm³/mol. The topological polar surface area (TPSA) is 317 Å². The van der Waals surface area contributed by atoms with Crippen molar-refractivity contribution in [2.75, 3.05) is 0 Å². The van der Waals surface area contributed by atoms with Crippen molar-refractivity contribution in [1.29, 1.82) is 0 Å². The van der Waals surface area contributed by atoms with E-state index in [1.54, 1.807) is 0 Å². The molecule has 0 spiro atoms. The van der Waals surface area contributed by atoms with Crippen LogP contribution in [0.15, 0.2) is 92.8 Å². The molecule has 0 radical (unpaired) electrons. The zero-order valence-electron chi connectivity index (χ0n) is 26.1. The summed E-state index contributed by atoms with van der Waals surface area (Å²) < 4.78 is 5.29. The lowest BCUT2D eigenvalue weighted by molar-refractivity contribution is -0.167. The van der Waals surface area contributed by atoms with Crippen LogP contribution in [0, 0.1) is 0 Å². The molecule has 2 atom stereocenters. The summed E-state index contributed by atoms with van der Waals surface area (Å²) in [4.78, 5) is 117. The Morgan fingerprint density at radius 2 is 0.736 bits per heavy atom. The number of ether oxygens (including phenoxy) is 1. The lowest BCUT2D eigenvalue weighted by atomic mass is 9.94. The third-order valence-electron chi connectivity index (χ3n) is 8.09. The molecule has 2 unspecified atom stereocenters. The quantitative estimate of drug-likeness (QED) is 0.0916. The van der Waals surface area contributed by atoms with Gasteiger partial charge in [-0.25, -0.2) is 58.3 Å². The number of rotatable bonds is 10. The maximum Gasteiger partial charge on any atom is 0.369 e. The minimum atomic E-state index is -2.74. The number of aromatic carboxylic acids is 6. The Kier molecular flexibility index (Phi) is 8.18. The van der Waals surface area contributed by atoms with E-state index in [2.05, 4.69) is 20.0 Å². The van der Waals surface area contributed by atoms with Crippen LogP contribution in [-0.4, -0.2) is 78.4 Å². The van der Waals surface area contributed by atoms with Gasteiger partial charge < -0.3 is 35.4 Å². The van der Waals surface area contributed by atoms with Gasteiger partial charge in [-0.05, 0) is 60.7 Å². The molecule has 264 valence electrons. The van der Waals surface area contributed by atoms with Crippen LogP contribution in [0.1, 0.15) is 73.3 Å². The van der Waals surface area contributed by atoms with Gasteiger partial charge in [-0.15, -0.1) is 0 Å². The standard InChI is InChI=1S/C34H18N4O15/c39-25(40)13-1-7-21-23(9-13)37-33(35-21,15-3-5-17(27(43)44)19(11-15)29(47)48)31(51)53-32(52)34(16-4-6-18(28(45)46)20(12-16)30(49)50)36-22-8-2-14(26(41)42)10-24(22)38-34/h1-12H,(H,39,40)(H,41,42)(H,43,44)(H,45,46)(H,47,48)(H,49,50). The van der Waals surface area contributed by atoms with E-state index < -0.39 is 92.5 Å². The van der Waals surface area contributed by atoms with E-state index in [0.717, 1.165) is 72.8 Å². The number of carbonyl (C=O) groups excluding carboxylic acids is 2. The number of carboxylic acids is 6. The summed E-state index contributed by atoms with van der Waals surface area (Å²) in [5.74, 6) is -12.9. The van der Waals surface area contributed by atoms with E-state index in [1.165, 1.54) is 0 Å². The van der Waals surface area contributed by atoms with Gasteiger partial charge >= 0.3 is 47.8 Å². The first-order chi connectivity index (χ1) is 25.0. The van der Waals surface area contributed by atoms with E-state index in [1.807, 2.05) is 0 Å². The van der Waals surface area contributed by atoms with Gasteiger partial charge in [-0.2, -0.15) is 0 Å². The molecule has 0 saturated carbocycles. The Bertz CT molecular complexity index is 2510. The summed E-state index contributed by atoms with van der Waals surface area (Å²) in [5.41, 5.74) is -10.1. The fourth-order valence-corrected chi connectivity index (χ4v) is 5.58. The highest BCUT2D eigenvalue weighted by atomic mass is 16.6. The summed E-state index contributed by atoms with van der Waals surface area (Å²) in [7, 11) is 0. The number of carboxylic acid groups (broad SMARTS) is 6. The average Bonchev–Trinajstić information content (AvgIpc) is 3.71. The predicted octanol–water partition coefficient (Wildman–Crippen LogP) is -0.143. The molecule has 0 amide bonds. The minimum absolute atomic E-state index is 0.132. The summed E-state index contributed by atoms with van der Waals surface area (Å²) >= 11 is 0. The van der Waals surface area contributed by atoms with Gasteiger partial charge in [0.25, 0.3) is 11.3 Å². The van der Waals surface area contributed by atoms with Crippen LogP contribution in [0.25, 0.3) is 0 Å². The first-order valence-corrected chi connectivity index (χ1v) is 14.6. The van der Waals surface area contributed by atoms with Crippen molar-refractivity contribution < 1.29 is 73.7 Å². The monoisotopic (exact) mass is 722 g/mol. The summed E-state index contributed by atoms with van der Waals surface area (Å²) in [6.45, 7) is 0. The van der Waals surface area contributed by atoms with E-state index in [-0.39, 0.29) is 32.6 Å². The van der Waals surface area contributed by atoms with Gasteiger partial charge in [0.15, 0.2) is 0 Å². The van der Waals surface area contributed by atoms with Crippen molar-refractivity contribution in [3.05, 3.63) is 139 Å². The first-order valence-electron chi connectivity index (χ1n) is 14.6. The molecule has 0 saturated heterocycles. The fraction of sp³-hybridized carbons (Fsp3) is 0.0588. The normalized spacial score (nSPS) is 17.7. The Labute approximate surface area is 291 Å². The molecule has 2 aliphatic rings. The smallest absolute Gasteiger partial charge is 0.369 e. The van der Waals surface area contributed by atoms with E-state index in [4.69, 9.17) is 4.74 Å². The van der Waals surface area contributed by atoms with Crippen molar-refractivity contribution in [2.45, 2.75) is 11.3 Å². The Morgan fingerprint density at radius 3 is 1.06 bits per heavy atom. The molecule has 53 heavy (non-hydrogen) atoms. The zero-order valence-corrected chi connectivity index (χ0v) is 26.1. The minimum Gasteiger partial charge on any atom is -0.478 e. The largest absolute Gasteiger partial charge is 0.478 e. The van der Waals surface area contributed by atoms with Crippen LogP contribution in [0.4, 0.5) is 0 Å². The molecule has 0 fully saturated rings. The highest BCUT2D eigenvalue weighted by molar-refractivity contribution is 6.04. The van der Waals surface area contributed by atoms with Crippen molar-refractivity contribution in [3.8, 4) is 0 Å². The average molecular weight is 723 g/mol. The maximum absolute atomic E-state index is 14.3. The third kappa shape index (κ3) is 5.78. The van der Waals surface area contributed by atoms with E-state index in [0.29, 0.717) is 0 Å². The number of carbonyl (C=O) groups is 8. The Hall–Kier alpha value is -7.96. The van der Waals surface area contributed by atoms with Gasteiger partial charge in [-0.1, -0.05) is 12.1 Å². The van der Waals surface area contributed by atoms with Gasteiger partial charge in [0.05, 0.1) is 54.8 Å². The molecule has 6 rings (SSSR count). The van der Waals surface area contributed by atoms with Crippen LogP contribution in [0.5, 0.6) is 0 Å². The number of nitrogens with zero attached hydrogens (tertiary/aromatic N) is 4. The highest BCUT2D eigenvalue weighted by Crippen LogP contribution is 2.36. The van der Waals surface area contributed by atoms with E-state index in [9.17, 15) is 69.0 Å². The number of esters is 2. The van der Waals surface area contributed by atoms with Crippen LogP contribution in [-0.2, 0) is 25.7 Å².